The van der Waals surface area contributed by atoms with E-state index in [9.17, 15) is 4.79 Å². The lowest BCUT2D eigenvalue weighted by Crippen LogP contribution is -2.41. The van der Waals surface area contributed by atoms with Gasteiger partial charge in [-0.1, -0.05) is 60.2 Å². The molecular weight excluding hydrogens is 314 g/mol. The van der Waals surface area contributed by atoms with E-state index >= 15 is 0 Å². The lowest BCUT2D eigenvalue weighted by Gasteiger charge is -2.32. The highest BCUT2D eigenvalue weighted by atomic mass is 16.5. The number of hydrogen-bond acceptors (Lipinski definition) is 4. The van der Waals surface area contributed by atoms with Crippen molar-refractivity contribution < 1.29 is 14.3 Å². The van der Waals surface area contributed by atoms with Crippen LogP contribution in [0.3, 0.4) is 0 Å². The molecule has 0 aliphatic carbocycles. The van der Waals surface area contributed by atoms with Gasteiger partial charge in [0.2, 0.25) is 0 Å². The van der Waals surface area contributed by atoms with Crippen LogP contribution in [0.4, 0.5) is 0 Å². The topological polar surface area (TPSA) is 47.6 Å². The number of methoxy groups -OCH3 is 1. The molecule has 1 fully saturated rings. The molecule has 0 radical (unpaired) electrons. The Morgan fingerprint density at radius 2 is 2.08 bits per heavy atom. The Labute approximate surface area is 148 Å². The third kappa shape index (κ3) is 4.16. The van der Waals surface area contributed by atoms with E-state index in [2.05, 4.69) is 42.6 Å². The van der Waals surface area contributed by atoms with Crippen molar-refractivity contribution in [3.05, 3.63) is 76.9 Å². The average Bonchev–Trinajstić information content (AvgIpc) is 2.66. The van der Waals surface area contributed by atoms with Crippen molar-refractivity contribution in [3.8, 4) is 0 Å². The first kappa shape index (κ1) is 17.4. The zero-order valence-corrected chi connectivity index (χ0v) is 14.6. The number of aryl methyl sites for hydroxylation is 1. The fourth-order valence-corrected chi connectivity index (χ4v) is 3.12. The van der Waals surface area contributed by atoms with Crippen LogP contribution in [0.2, 0.25) is 0 Å². The Bertz CT molecular complexity index is 769. The Kier molecular flexibility index (Phi) is 5.64. The molecule has 1 saturated heterocycles. The maximum absolute atomic E-state index is 12.1. The largest absolute Gasteiger partial charge is 0.465 e. The van der Waals surface area contributed by atoms with E-state index in [4.69, 9.17) is 9.47 Å². The maximum atomic E-state index is 12.1. The molecule has 1 aliphatic heterocycles. The molecule has 130 valence electrons. The summed E-state index contributed by atoms with van der Waals surface area (Å²) < 4.78 is 10.9. The van der Waals surface area contributed by atoms with Gasteiger partial charge in [-0.2, -0.15) is 0 Å². The van der Waals surface area contributed by atoms with Crippen LogP contribution in [0, 0.1) is 6.92 Å². The van der Waals surface area contributed by atoms with Gasteiger partial charge in [0.05, 0.1) is 31.4 Å². The van der Waals surface area contributed by atoms with Crippen LogP contribution >= 0.6 is 0 Å². The number of carbonyl (C=O) groups is 1. The fourth-order valence-electron chi connectivity index (χ4n) is 3.12. The molecule has 2 atom stereocenters. The van der Waals surface area contributed by atoms with E-state index < -0.39 is 0 Å². The molecule has 4 heteroatoms. The minimum Gasteiger partial charge on any atom is -0.465 e. The number of hydrogen-bond donors (Lipinski definition) is 1. The second kappa shape index (κ2) is 8.10. The summed E-state index contributed by atoms with van der Waals surface area (Å²) in [6.07, 6.45) is 3.97. The zero-order chi connectivity index (χ0) is 17.6. The van der Waals surface area contributed by atoms with Crippen molar-refractivity contribution in [1.82, 2.24) is 5.32 Å². The lowest BCUT2D eigenvalue weighted by atomic mass is 9.94. The number of nitrogens with one attached hydrogen (secondary N) is 1. The van der Waals surface area contributed by atoms with Crippen molar-refractivity contribution in [1.29, 1.82) is 0 Å². The van der Waals surface area contributed by atoms with Gasteiger partial charge >= 0.3 is 5.97 Å². The van der Waals surface area contributed by atoms with Crippen LogP contribution < -0.4 is 5.32 Å². The highest BCUT2D eigenvalue weighted by Crippen LogP contribution is 2.27. The van der Waals surface area contributed by atoms with Gasteiger partial charge in [-0.25, -0.2) is 4.79 Å². The van der Waals surface area contributed by atoms with Crippen LogP contribution in [-0.4, -0.2) is 32.3 Å². The molecule has 3 rings (SSSR count). The van der Waals surface area contributed by atoms with Gasteiger partial charge in [0.15, 0.2) is 0 Å². The monoisotopic (exact) mass is 337 g/mol. The number of carbonyl (C=O) groups excluding carboxylic acids is 1. The predicted molar refractivity (Wildman–Crippen MR) is 98.5 cm³/mol. The molecule has 1 heterocycles. The third-order valence-corrected chi connectivity index (χ3v) is 4.33. The quantitative estimate of drug-likeness (QED) is 0.867. The molecule has 2 aromatic rings. The molecule has 4 nitrogen and oxygen atoms in total. The normalized spacial score (nSPS) is 20.6. The Balaban J connectivity index is 1.88. The number of benzene rings is 2. The van der Waals surface area contributed by atoms with Gasteiger partial charge in [0.1, 0.15) is 0 Å². The van der Waals surface area contributed by atoms with Crippen LogP contribution in [0.15, 0.2) is 54.6 Å². The van der Waals surface area contributed by atoms with Crippen molar-refractivity contribution in [3.63, 3.8) is 0 Å². The first-order valence-corrected chi connectivity index (χ1v) is 8.46. The predicted octanol–water partition coefficient (Wildman–Crippen LogP) is 3.52. The van der Waals surface area contributed by atoms with Gasteiger partial charge in [0, 0.05) is 6.54 Å². The first-order chi connectivity index (χ1) is 12.2. The summed E-state index contributed by atoms with van der Waals surface area (Å²) in [6, 6.07) is 15.7. The summed E-state index contributed by atoms with van der Waals surface area (Å²) in [5, 5.41) is 3.47. The van der Waals surface area contributed by atoms with Crippen molar-refractivity contribution in [2.45, 2.75) is 19.1 Å². The average molecular weight is 337 g/mol. The number of morpholine rings is 1. The maximum Gasteiger partial charge on any atom is 0.338 e. The number of ether oxygens (including phenoxy) is 2. The summed E-state index contributed by atoms with van der Waals surface area (Å²) in [5.74, 6) is -0.329. The fraction of sp³-hybridized carbons (Fsp3) is 0.286. The van der Waals surface area contributed by atoms with Crippen molar-refractivity contribution >= 4 is 12.0 Å². The molecule has 0 aromatic heterocycles. The van der Waals surface area contributed by atoms with Gasteiger partial charge in [-0.15, -0.1) is 0 Å². The van der Waals surface area contributed by atoms with Crippen molar-refractivity contribution in [2.75, 3.05) is 20.3 Å². The standard InChI is InChI=1S/C21H23NO3/c1-15-6-5-7-16(14-15)10-11-19-20(22-12-13-25-19)17-8-3-4-9-18(17)21(23)24-2/h3-11,14,19-20,22H,12-13H2,1-2H3/b11-10+. The first-order valence-electron chi connectivity index (χ1n) is 8.46. The molecule has 25 heavy (non-hydrogen) atoms. The molecule has 0 bridgehead atoms. The van der Waals surface area contributed by atoms with E-state index in [1.54, 1.807) is 6.07 Å². The van der Waals surface area contributed by atoms with E-state index in [0.717, 1.165) is 17.7 Å². The number of rotatable bonds is 4. The zero-order valence-electron chi connectivity index (χ0n) is 14.6. The molecule has 2 unspecified atom stereocenters. The van der Waals surface area contributed by atoms with E-state index in [-0.39, 0.29) is 18.1 Å². The Morgan fingerprint density at radius 1 is 1.24 bits per heavy atom. The molecule has 0 spiro atoms. The van der Waals surface area contributed by atoms with Gasteiger partial charge in [-0.05, 0) is 24.1 Å². The molecule has 2 aromatic carbocycles. The Morgan fingerprint density at radius 3 is 2.88 bits per heavy atom. The van der Waals surface area contributed by atoms with E-state index in [1.165, 1.54) is 12.7 Å². The van der Waals surface area contributed by atoms with Gasteiger partial charge in [0.25, 0.3) is 0 Å². The van der Waals surface area contributed by atoms with Gasteiger partial charge in [-0.3, -0.25) is 0 Å². The third-order valence-electron chi connectivity index (χ3n) is 4.33. The second-order valence-electron chi connectivity index (χ2n) is 6.12. The van der Waals surface area contributed by atoms with E-state index in [1.807, 2.05) is 24.3 Å². The number of esters is 1. The van der Waals surface area contributed by atoms with Crippen LogP contribution in [0.5, 0.6) is 0 Å². The summed E-state index contributed by atoms with van der Waals surface area (Å²) >= 11 is 0. The summed E-state index contributed by atoms with van der Waals surface area (Å²) in [5.41, 5.74) is 3.82. The second-order valence-corrected chi connectivity index (χ2v) is 6.12. The molecule has 1 aliphatic rings. The molecule has 0 amide bonds. The van der Waals surface area contributed by atoms with E-state index in [0.29, 0.717) is 12.2 Å². The molecule has 0 saturated carbocycles. The smallest absolute Gasteiger partial charge is 0.338 e. The van der Waals surface area contributed by atoms with Crippen LogP contribution in [-0.2, 0) is 9.47 Å². The minimum atomic E-state index is -0.329. The molecular formula is C21H23NO3. The highest BCUT2D eigenvalue weighted by molar-refractivity contribution is 5.91. The SMILES string of the molecule is COC(=O)c1ccccc1C1NCCOC1/C=C/c1cccc(C)c1. The Hall–Kier alpha value is -2.43. The van der Waals surface area contributed by atoms with Crippen LogP contribution in [0.25, 0.3) is 6.08 Å². The van der Waals surface area contributed by atoms with Crippen molar-refractivity contribution in [2.24, 2.45) is 0 Å². The lowest BCUT2D eigenvalue weighted by molar-refractivity contribution is 0.0256. The minimum absolute atomic E-state index is 0.0925. The van der Waals surface area contributed by atoms with Gasteiger partial charge < -0.3 is 14.8 Å². The summed E-state index contributed by atoms with van der Waals surface area (Å²) in [6.45, 7) is 3.46. The van der Waals surface area contributed by atoms with Crippen LogP contribution in [0.1, 0.15) is 33.1 Å². The summed E-state index contributed by atoms with van der Waals surface area (Å²) in [4.78, 5) is 12.1. The summed E-state index contributed by atoms with van der Waals surface area (Å²) in [7, 11) is 1.40. The highest BCUT2D eigenvalue weighted by Gasteiger charge is 2.28. The molecule has 1 N–H and O–H groups in total.